The molecule has 1 heterocycles. The molecule has 0 saturated heterocycles. The van der Waals surface area contributed by atoms with Crippen molar-refractivity contribution in [3.05, 3.63) is 58.8 Å². The van der Waals surface area contributed by atoms with E-state index in [4.69, 9.17) is 11.0 Å². The molecule has 0 fully saturated rings. The summed E-state index contributed by atoms with van der Waals surface area (Å²) >= 11 is 0. The third kappa shape index (κ3) is 3.30. The van der Waals surface area contributed by atoms with Gasteiger partial charge in [0.2, 0.25) is 0 Å². The lowest BCUT2D eigenvalue weighted by molar-refractivity contribution is 1.05. The standard InChI is InChI=1S/C15H16N4/c1-11-2-7-14(9-17)15(19-11)18-10-13-5-3-12(8-16)4-6-13/h2-7H,8,10,16H2,1H3,(H,18,19). The molecule has 2 aromatic rings. The largest absolute Gasteiger partial charge is 0.365 e. The van der Waals surface area contributed by atoms with E-state index in [1.807, 2.05) is 37.3 Å². The van der Waals surface area contributed by atoms with Gasteiger partial charge in [0, 0.05) is 18.8 Å². The van der Waals surface area contributed by atoms with Gasteiger partial charge in [0.05, 0.1) is 5.56 Å². The number of pyridine rings is 1. The predicted molar refractivity (Wildman–Crippen MR) is 75.3 cm³/mol. The maximum atomic E-state index is 9.03. The molecule has 1 aromatic heterocycles. The Balaban J connectivity index is 2.09. The number of hydrogen-bond donors (Lipinski definition) is 2. The molecule has 19 heavy (non-hydrogen) atoms. The summed E-state index contributed by atoms with van der Waals surface area (Å²) < 4.78 is 0. The minimum Gasteiger partial charge on any atom is -0.365 e. The topological polar surface area (TPSA) is 74.7 Å². The molecule has 0 bridgehead atoms. The Morgan fingerprint density at radius 1 is 1.16 bits per heavy atom. The lowest BCUT2D eigenvalue weighted by atomic mass is 10.1. The zero-order chi connectivity index (χ0) is 13.7. The lowest BCUT2D eigenvalue weighted by Gasteiger charge is -2.08. The SMILES string of the molecule is Cc1ccc(C#N)c(NCc2ccc(CN)cc2)n1. The Labute approximate surface area is 112 Å². The molecule has 4 nitrogen and oxygen atoms in total. The van der Waals surface area contributed by atoms with Crippen molar-refractivity contribution in [1.29, 1.82) is 5.26 Å². The van der Waals surface area contributed by atoms with Crippen LogP contribution < -0.4 is 11.1 Å². The molecule has 0 atom stereocenters. The van der Waals surface area contributed by atoms with Gasteiger partial charge in [-0.05, 0) is 30.2 Å². The molecule has 0 aliphatic rings. The first-order chi connectivity index (χ1) is 9.22. The molecule has 0 spiro atoms. The number of rotatable bonds is 4. The van der Waals surface area contributed by atoms with E-state index < -0.39 is 0 Å². The van der Waals surface area contributed by atoms with Crippen molar-refractivity contribution >= 4 is 5.82 Å². The van der Waals surface area contributed by atoms with E-state index in [0.29, 0.717) is 24.5 Å². The number of hydrogen-bond acceptors (Lipinski definition) is 4. The van der Waals surface area contributed by atoms with Gasteiger partial charge < -0.3 is 11.1 Å². The summed E-state index contributed by atoms with van der Waals surface area (Å²) in [6, 6.07) is 13.8. The fourth-order valence-corrected chi connectivity index (χ4v) is 1.76. The monoisotopic (exact) mass is 252 g/mol. The highest BCUT2D eigenvalue weighted by atomic mass is 15.0. The number of nitrogens with two attached hydrogens (primary N) is 1. The second-order valence-electron chi connectivity index (χ2n) is 4.33. The average Bonchev–Trinajstić information content (AvgIpc) is 2.46. The van der Waals surface area contributed by atoms with Crippen molar-refractivity contribution in [2.45, 2.75) is 20.0 Å². The zero-order valence-electron chi connectivity index (χ0n) is 10.9. The molecule has 0 saturated carbocycles. The number of nitriles is 1. The molecular weight excluding hydrogens is 236 g/mol. The van der Waals surface area contributed by atoms with Gasteiger partial charge in [-0.2, -0.15) is 5.26 Å². The molecule has 3 N–H and O–H groups in total. The van der Waals surface area contributed by atoms with Crippen LogP contribution in [-0.2, 0) is 13.1 Å². The fraction of sp³-hybridized carbons (Fsp3) is 0.200. The van der Waals surface area contributed by atoms with Gasteiger partial charge in [-0.25, -0.2) is 4.98 Å². The number of nitrogens with one attached hydrogen (secondary N) is 1. The molecule has 96 valence electrons. The molecule has 0 amide bonds. The first kappa shape index (κ1) is 13.1. The third-order valence-corrected chi connectivity index (χ3v) is 2.87. The Morgan fingerprint density at radius 2 is 1.84 bits per heavy atom. The maximum absolute atomic E-state index is 9.03. The van der Waals surface area contributed by atoms with Gasteiger partial charge in [0.15, 0.2) is 0 Å². The minimum atomic E-state index is 0.547. The van der Waals surface area contributed by atoms with Crippen LogP contribution in [-0.4, -0.2) is 4.98 Å². The number of aromatic nitrogens is 1. The molecule has 0 radical (unpaired) electrons. The minimum absolute atomic E-state index is 0.547. The van der Waals surface area contributed by atoms with Gasteiger partial charge in [0.1, 0.15) is 11.9 Å². The summed E-state index contributed by atoms with van der Waals surface area (Å²) in [5, 5.41) is 12.2. The van der Waals surface area contributed by atoms with Gasteiger partial charge in [0.25, 0.3) is 0 Å². The highest BCUT2D eigenvalue weighted by Crippen LogP contribution is 2.14. The average molecular weight is 252 g/mol. The van der Waals surface area contributed by atoms with Crippen LogP contribution in [0.25, 0.3) is 0 Å². The van der Waals surface area contributed by atoms with E-state index in [2.05, 4.69) is 16.4 Å². The first-order valence-electron chi connectivity index (χ1n) is 6.12. The van der Waals surface area contributed by atoms with Crippen molar-refractivity contribution in [2.24, 2.45) is 5.73 Å². The highest BCUT2D eigenvalue weighted by Gasteiger charge is 2.03. The Kier molecular flexibility index (Phi) is 4.11. The Bertz CT molecular complexity index is 597. The second-order valence-corrected chi connectivity index (χ2v) is 4.33. The number of anilines is 1. The summed E-state index contributed by atoms with van der Waals surface area (Å²) in [5.74, 6) is 0.630. The van der Waals surface area contributed by atoms with Crippen LogP contribution in [0, 0.1) is 18.3 Å². The van der Waals surface area contributed by atoms with Crippen LogP contribution >= 0.6 is 0 Å². The molecule has 0 unspecified atom stereocenters. The van der Waals surface area contributed by atoms with E-state index in [9.17, 15) is 0 Å². The predicted octanol–water partition coefficient (Wildman–Crippen LogP) is 2.33. The molecule has 1 aromatic carbocycles. The van der Waals surface area contributed by atoms with E-state index in [0.717, 1.165) is 16.8 Å². The van der Waals surface area contributed by atoms with Crippen LogP contribution in [0.4, 0.5) is 5.82 Å². The molecule has 0 aliphatic heterocycles. The molecule has 4 heteroatoms. The number of aryl methyl sites for hydroxylation is 1. The molecule has 2 rings (SSSR count). The van der Waals surface area contributed by atoms with Crippen LogP contribution in [0.2, 0.25) is 0 Å². The third-order valence-electron chi connectivity index (χ3n) is 2.87. The quantitative estimate of drug-likeness (QED) is 0.875. The van der Waals surface area contributed by atoms with Crippen LogP contribution in [0.3, 0.4) is 0 Å². The van der Waals surface area contributed by atoms with Gasteiger partial charge >= 0.3 is 0 Å². The van der Waals surface area contributed by atoms with Crippen molar-refractivity contribution in [3.8, 4) is 6.07 Å². The second kappa shape index (κ2) is 5.98. The van der Waals surface area contributed by atoms with Gasteiger partial charge in [-0.15, -0.1) is 0 Å². The van der Waals surface area contributed by atoms with Gasteiger partial charge in [-0.1, -0.05) is 24.3 Å². The number of nitrogens with zero attached hydrogens (tertiary/aromatic N) is 2. The van der Waals surface area contributed by atoms with Crippen molar-refractivity contribution in [1.82, 2.24) is 4.98 Å². The van der Waals surface area contributed by atoms with Crippen molar-refractivity contribution in [3.63, 3.8) is 0 Å². The summed E-state index contributed by atoms with van der Waals surface area (Å²) in [5.41, 5.74) is 9.24. The molecule has 0 aliphatic carbocycles. The Hall–Kier alpha value is -2.38. The first-order valence-corrected chi connectivity index (χ1v) is 6.12. The summed E-state index contributed by atoms with van der Waals surface area (Å²) in [7, 11) is 0. The van der Waals surface area contributed by atoms with E-state index in [1.165, 1.54) is 0 Å². The maximum Gasteiger partial charge on any atom is 0.144 e. The van der Waals surface area contributed by atoms with E-state index in [-0.39, 0.29) is 0 Å². The normalized spacial score (nSPS) is 9.95. The number of benzene rings is 1. The fourth-order valence-electron chi connectivity index (χ4n) is 1.76. The molecular formula is C15H16N4. The lowest BCUT2D eigenvalue weighted by Crippen LogP contribution is -2.04. The smallest absolute Gasteiger partial charge is 0.144 e. The Morgan fingerprint density at radius 3 is 2.47 bits per heavy atom. The summed E-state index contributed by atoms with van der Waals surface area (Å²) in [4.78, 5) is 4.34. The van der Waals surface area contributed by atoms with E-state index >= 15 is 0 Å². The van der Waals surface area contributed by atoms with Crippen molar-refractivity contribution in [2.75, 3.05) is 5.32 Å². The summed E-state index contributed by atoms with van der Waals surface area (Å²) in [6.07, 6.45) is 0. The van der Waals surface area contributed by atoms with E-state index in [1.54, 1.807) is 6.07 Å². The zero-order valence-corrected chi connectivity index (χ0v) is 10.9. The van der Waals surface area contributed by atoms with Crippen LogP contribution in [0.15, 0.2) is 36.4 Å². The van der Waals surface area contributed by atoms with Gasteiger partial charge in [-0.3, -0.25) is 0 Å². The van der Waals surface area contributed by atoms with Crippen molar-refractivity contribution < 1.29 is 0 Å². The summed E-state index contributed by atoms with van der Waals surface area (Å²) in [6.45, 7) is 3.09. The van der Waals surface area contributed by atoms with Crippen LogP contribution in [0.1, 0.15) is 22.4 Å². The highest BCUT2D eigenvalue weighted by molar-refractivity contribution is 5.52. The van der Waals surface area contributed by atoms with Crippen LogP contribution in [0.5, 0.6) is 0 Å².